The summed E-state index contributed by atoms with van der Waals surface area (Å²) in [6.07, 6.45) is 4.99. The van der Waals surface area contributed by atoms with Crippen molar-refractivity contribution >= 4 is 53.0 Å². The van der Waals surface area contributed by atoms with Crippen LogP contribution in [0.3, 0.4) is 0 Å². The zero-order valence-electron chi connectivity index (χ0n) is 17.6. The predicted molar refractivity (Wildman–Crippen MR) is 134 cm³/mol. The standard InChI is InChI=1S/C23H25N5S.2ClH/c1-16-26-21-22(20-18(9-6-10-24-20)14-25-23(21)29-16)28-12-11-27(2)19(15-28)13-17-7-4-3-5-8-17;;/h3-10,14,19,25H,11-13,15H2,1-2H3;2*1H. The van der Waals surface area contributed by atoms with Gasteiger partial charge in [-0.1, -0.05) is 30.3 Å². The molecule has 0 radical (unpaired) electrons. The molecule has 1 N–H and O–H groups in total. The average Bonchev–Trinajstić information content (AvgIpc) is 3.03. The van der Waals surface area contributed by atoms with Gasteiger partial charge in [0, 0.05) is 43.3 Å². The minimum absolute atomic E-state index is 0. The summed E-state index contributed by atoms with van der Waals surface area (Å²) in [5, 5.41) is 7.78. The number of fused-ring (bicyclic) bond motifs is 2. The van der Waals surface area contributed by atoms with E-state index in [2.05, 4.69) is 71.7 Å². The van der Waals surface area contributed by atoms with Crippen molar-refractivity contribution in [3.63, 3.8) is 0 Å². The molecule has 5 nitrogen and oxygen atoms in total. The number of piperazine rings is 1. The van der Waals surface area contributed by atoms with Crippen LogP contribution in [0.4, 0.5) is 5.00 Å². The van der Waals surface area contributed by atoms with Crippen molar-refractivity contribution in [1.82, 2.24) is 19.8 Å². The number of nitrogens with zero attached hydrogens (tertiary/aromatic N) is 4. The van der Waals surface area contributed by atoms with Gasteiger partial charge >= 0.3 is 0 Å². The summed E-state index contributed by atoms with van der Waals surface area (Å²) in [7, 11) is 2.24. The molecular weight excluding hydrogens is 449 g/mol. The van der Waals surface area contributed by atoms with Gasteiger partial charge in [0.15, 0.2) is 0 Å². The maximum atomic E-state index is 4.90. The summed E-state index contributed by atoms with van der Waals surface area (Å²) in [4.78, 5) is 14.7. The summed E-state index contributed by atoms with van der Waals surface area (Å²) in [6, 6.07) is 15.4. The van der Waals surface area contributed by atoms with Crippen molar-refractivity contribution in [2.24, 2.45) is 0 Å². The third-order valence-corrected chi connectivity index (χ3v) is 6.69. The number of pyridine rings is 1. The molecule has 0 bridgehead atoms. The highest BCUT2D eigenvalue weighted by atomic mass is 35.5. The highest BCUT2D eigenvalue weighted by molar-refractivity contribution is 7.16. The number of aryl methyl sites for hydroxylation is 1. The van der Waals surface area contributed by atoms with E-state index in [-0.39, 0.29) is 24.8 Å². The van der Waals surface area contributed by atoms with Crippen LogP contribution in [0.5, 0.6) is 0 Å². The molecule has 1 unspecified atom stereocenters. The lowest BCUT2D eigenvalue weighted by atomic mass is 10.0. The average molecular weight is 476 g/mol. The normalized spacial score (nSPS) is 17.8. The maximum absolute atomic E-state index is 4.90. The Bertz CT molecular complexity index is 1150. The quantitative estimate of drug-likeness (QED) is 0.630. The van der Waals surface area contributed by atoms with Crippen LogP contribution in [-0.4, -0.2) is 52.5 Å². The SMILES string of the molecule is Cc1nc2c(s1)NC=c1cccnc1=C2N1CCN(C)C(Cc2ccccc2)C1.Cl.Cl. The summed E-state index contributed by atoms with van der Waals surface area (Å²) in [5.74, 6) is 0. The number of hydrogen-bond acceptors (Lipinski definition) is 6. The number of thiazole rings is 1. The fourth-order valence-electron chi connectivity index (χ4n) is 4.23. The molecule has 164 valence electrons. The minimum atomic E-state index is 0. The van der Waals surface area contributed by atoms with Crippen molar-refractivity contribution in [2.75, 3.05) is 32.0 Å². The Balaban J connectivity index is 0.00000136. The molecule has 3 aromatic rings. The van der Waals surface area contributed by atoms with Crippen LogP contribution in [0, 0.1) is 6.92 Å². The number of rotatable bonds is 3. The fourth-order valence-corrected chi connectivity index (χ4v) is 5.02. The molecular formula is C23H27Cl2N5S. The van der Waals surface area contributed by atoms with Crippen molar-refractivity contribution in [2.45, 2.75) is 19.4 Å². The molecule has 0 aliphatic carbocycles. The largest absolute Gasteiger partial charge is 0.365 e. The highest BCUT2D eigenvalue weighted by Crippen LogP contribution is 2.32. The first-order valence-electron chi connectivity index (χ1n) is 10.1. The third-order valence-electron chi connectivity index (χ3n) is 5.79. The molecule has 0 spiro atoms. The van der Waals surface area contributed by atoms with E-state index in [9.17, 15) is 0 Å². The van der Waals surface area contributed by atoms with E-state index in [0.717, 1.165) is 58.0 Å². The Hall–Kier alpha value is -2.12. The molecule has 5 rings (SSSR count). The molecule has 8 heteroatoms. The Labute approximate surface area is 199 Å². The molecule has 1 atom stereocenters. The van der Waals surface area contributed by atoms with Crippen LogP contribution in [0.1, 0.15) is 16.3 Å². The Morgan fingerprint density at radius 2 is 1.90 bits per heavy atom. The Morgan fingerprint density at radius 3 is 2.71 bits per heavy atom. The maximum Gasteiger partial charge on any atom is 0.124 e. The van der Waals surface area contributed by atoms with Gasteiger partial charge in [-0.25, -0.2) is 4.98 Å². The first kappa shape index (κ1) is 23.5. The highest BCUT2D eigenvalue weighted by Gasteiger charge is 2.29. The minimum Gasteiger partial charge on any atom is -0.365 e. The lowest BCUT2D eigenvalue weighted by molar-refractivity contribution is 0.133. The summed E-state index contributed by atoms with van der Waals surface area (Å²) in [5.41, 5.74) is 3.58. The second-order valence-corrected chi connectivity index (χ2v) is 8.96. The number of hydrogen-bond donors (Lipinski definition) is 1. The number of nitrogens with one attached hydrogen (secondary N) is 1. The summed E-state index contributed by atoms with van der Waals surface area (Å²) in [6.45, 7) is 5.04. The van der Waals surface area contributed by atoms with E-state index in [4.69, 9.17) is 9.97 Å². The first-order chi connectivity index (χ1) is 14.2. The van der Waals surface area contributed by atoms with Crippen molar-refractivity contribution in [1.29, 1.82) is 0 Å². The fraction of sp³-hybridized carbons (Fsp3) is 0.304. The Kier molecular flexibility index (Phi) is 7.59. The van der Waals surface area contributed by atoms with E-state index < -0.39 is 0 Å². The van der Waals surface area contributed by atoms with Gasteiger partial charge in [-0.05, 0) is 38.1 Å². The zero-order chi connectivity index (χ0) is 19.8. The van der Waals surface area contributed by atoms with E-state index in [0.29, 0.717) is 6.04 Å². The molecule has 1 aromatic carbocycles. The van der Waals surface area contributed by atoms with Crippen LogP contribution < -0.4 is 15.9 Å². The summed E-state index contributed by atoms with van der Waals surface area (Å²) >= 11 is 1.71. The van der Waals surface area contributed by atoms with Gasteiger partial charge in [0.1, 0.15) is 10.7 Å². The van der Waals surface area contributed by atoms with Gasteiger partial charge in [0.05, 0.1) is 16.1 Å². The monoisotopic (exact) mass is 475 g/mol. The Morgan fingerprint density at radius 1 is 1.10 bits per heavy atom. The lowest BCUT2D eigenvalue weighted by Crippen LogP contribution is -2.53. The van der Waals surface area contributed by atoms with Crippen molar-refractivity contribution in [3.8, 4) is 0 Å². The van der Waals surface area contributed by atoms with Crippen LogP contribution in [0.2, 0.25) is 0 Å². The van der Waals surface area contributed by atoms with Gasteiger partial charge in [-0.3, -0.25) is 9.88 Å². The molecule has 1 saturated heterocycles. The van der Waals surface area contributed by atoms with Gasteiger partial charge in [0.2, 0.25) is 0 Å². The van der Waals surface area contributed by atoms with Gasteiger partial charge in [-0.15, -0.1) is 36.2 Å². The van der Waals surface area contributed by atoms with Crippen LogP contribution in [0.25, 0.3) is 11.9 Å². The molecule has 31 heavy (non-hydrogen) atoms. The van der Waals surface area contributed by atoms with Crippen LogP contribution in [0.15, 0.2) is 48.7 Å². The van der Waals surface area contributed by atoms with Crippen molar-refractivity contribution < 1.29 is 0 Å². The third kappa shape index (κ3) is 4.72. The van der Waals surface area contributed by atoms with Gasteiger partial charge in [-0.2, -0.15) is 0 Å². The van der Waals surface area contributed by atoms with Gasteiger partial charge < -0.3 is 10.2 Å². The molecule has 0 saturated carbocycles. The van der Waals surface area contributed by atoms with E-state index >= 15 is 0 Å². The van der Waals surface area contributed by atoms with E-state index in [1.165, 1.54) is 5.56 Å². The van der Waals surface area contributed by atoms with Gasteiger partial charge in [0.25, 0.3) is 0 Å². The molecule has 2 aromatic heterocycles. The predicted octanol–water partition coefficient (Wildman–Crippen LogP) is 2.87. The number of anilines is 1. The molecule has 2 aliphatic rings. The van der Waals surface area contributed by atoms with Crippen LogP contribution >= 0.6 is 36.2 Å². The molecule has 2 aliphatic heterocycles. The molecule has 4 heterocycles. The first-order valence-corrected chi connectivity index (χ1v) is 10.9. The molecule has 0 amide bonds. The van der Waals surface area contributed by atoms with Crippen molar-refractivity contribution in [3.05, 3.63) is 75.5 Å². The molecule has 1 fully saturated rings. The second-order valence-electron chi connectivity index (χ2n) is 7.76. The van der Waals surface area contributed by atoms with Crippen LogP contribution in [-0.2, 0) is 6.42 Å². The zero-order valence-corrected chi connectivity index (χ0v) is 20.1. The van der Waals surface area contributed by atoms with E-state index in [1.807, 2.05) is 12.3 Å². The van der Waals surface area contributed by atoms with E-state index in [1.54, 1.807) is 11.3 Å². The number of halogens is 2. The number of aromatic nitrogens is 2. The smallest absolute Gasteiger partial charge is 0.124 e. The summed E-state index contributed by atoms with van der Waals surface area (Å²) < 4.78 is 0. The topological polar surface area (TPSA) is 44.3 Å². The number of likely N-dealkylation sites (N-methyl/N-ethyl adjacent to an activating group) is 1. The lowest BCUT2D eigenvalue weighted by Gasteiger charge is -2.41. The second kappa shape index (κ2) is 10.0. The number of benzene rings is 1.